The van der Waals surface area contributed by atoms with Crippen LogP contribution < -0.4 is 5.32 Å². The lowest BCUT2D eigenvalue weighted by molar-refractivity contribution is -0.289. The monoisotopic (exact) mass is 310 g/mol. The molecule has 2 heterocycles. The molecule has 2 fully saturated rings. The Bertz CT molecular complexity index is 385. The molecule has 0 bridgehead atoms. The molecule has 0 aromatic carbocycles. The first kappa shape index (κ1) is 16.5. The van der Waals surface area contributed by atoms with Crippen LogP contribution in [0, 0.1) is 0 Å². The minimum Gasteiger partial charge on any atom is -0.425 e. The third-order valence-electron chi connectivity index (χ3n) is 3.80. The van der Waals surface area contributed by atoms with Gasteiger partial charge in [0.15, 0.2) is 0 Å². The number of ether oxygens (including phenoxy) is 2. The Morgan fingerprint density at radius 1 is 1.38 bits per heavy atom. The van der Waals surface area contributed by atoms with Crippen LogP contribution in [-0.4, -0.2) is 61.2 Å². The van der Waals surface area contributed by atoms with Gasteiger partial charge in [0.25, 0.3) is 0 Å². The van der Waals surface area contributed by atoms with E-state index in [4.69, 9.17) is 4.74 Å². The normalized spacial score (nSPS) is 32.9. The number of nitrogens with one attached hydrogen (secondary N) is 1. The molecule has 0 aromatic heterocycles. The van der Waals surface area contributed by atoms with Crippen LogP contribution in [-0.2, 0) is 14.3 Å². The summed E-state index contributed by atoms with van der Waals surface area (Å²) in [5, 5.41) is 3.25. The van der Waals surface area contributed by atoms with Crippen molar-refractivity contribution in [3.05, 3.63) is 0 Å². The number of esters is 1. The van der Waals surface area contributed by atoms with Crippen LogP contribution in [0.25, 0.3) is 0 Å². The molecule has 8 heteroatoms. The van der Waals surface area contributed by atoms with Gasteiger partial charge in [0, 0.05) is 19.5 Å². The molecule has 2 atom stereocenters. The number of nitrogens with zero attached hydrogens (tertiary/aromatic N) is 1. The Hall–Kier alpha value is -0.860. The topological polar surface area (TPSA) is 50.8 Å². The van der Waals surface area contributed by atoms with Crippen LogP contribution in [0.4, 0.5) is 13.2 Å². The van der Waals surface area contributed by atoms with Gasteiger partial charge in [0.05, 0.1) is 12.6 Å². The average Bonchev–Trinajstić information content (AvgIpc) is 2.37. The highest BCUT2D eigenvalue weighted by molar-refractivity contribution is 5.76. The first-order valence-corrected chi connectivity index (χ1v) is 7.12. The number of morpholine rings is 1. The van der Waals surface area contributed by atoms with Gasteiger partial charge in [-0.15, -0.1) is 0 Å². The van der Waals surface area contributed by atoms with E-state index in [1.165, 1.54) is 6.92 Å². The van der Waals surface area contributed by atoms with E-state index in [0.29, 0.717) is 6.54 Å². The smallest absolute Gasteiger partial charge is 0.425 e. The summed E-state index contributed by atoms with van der Waals surface area (Å²) in [4.78, 5) is 13.1. The quantitative estimate of drug-likeness (QED) is 0.779. The summed E-state index contributed by atoms with van der Waals surface area (Å²) in [6.45, 7) is 5.71. The molecule has 2 unspecified atom stereocenters. The molecule has 0 aliphatic carbocycles. The second kappa shape index (κ2) is 6.10. The van der Waals surface area contributed by atoms with E-state index in [0.717, 1.165) is 25.9 Å². The summed E-state index contributed by atoms with van der Waals surface area (Å²) in [6, 6.07) is 0.279. The summed E-state index contributed by atoms with van der Waals surface area (Å²) < 4.78 is 47.2. The standard InChI is InChI=1S/C13H21F3N2O3/c1-9-7-18(10-3-5-17-6-4-10)8-12(2,20-9)21-11(19)13(14,15)16/h9-10,17H,3-8H2,1-2H3. The van der Waals surface area contributed by atoms with Crippen molar-refractivity contribution in [2.24, 2.45) is 0 Å². The van der Waals surface area contributed by atoms with Crippen LogP contribution in [0.5, 0.6) is 0 Å². The Morgan fingerprint density at radius 3 is 2.57 bits per heavy atom. The number of hydrogen-bond donors (Lipinski definition) is 1. The Morgan fingerprint density at radius 2 is 2.00 bits per heavy atom. The predicted molar refractivity (Wildman–Crippen MR) is 68.6 cm³/mol. The molecule has 21 heavy (non-hydrogen) atoms. The van der Waals surface area contributed by atoms with Crippen molar-refractivity contribution in [2.75, 3.05) is 26.2 Å². The molecule has 2 rings (SSSR count). The van der Waals surface area contributed by atoms with Gasteiger partial charge in [0.1, 0.15) is 0 Å². The molecular formula is C13H21F3N2O3. The van der Waals surface area contributed by atoms with Crippen molar-refractivity contribution in [2.45, 2.75) is 50.8 Å². The van der Waals surface area contributed by atoms with Gasteiger partial charge in [-0.2, -0.15) is 13.2 Å². The van der Waals surface area contributed by atoms with Crippen molar-refractivity contribution in [1.82, 2.24) is 10.2 Å². The largest absolute Gasteiger partial charge is 0.491 e. The Labute approximate surface area is 121 Å². The molecule has 0 aromatic rings. The third-order valence-corrected chi connectivity index (χ3v) is 3.80. The average molecular weight is 310 g/mol. The number of alkyl halides is 3. The van der Waals surface area contributed by atoms with E-state index in [-0.39, 0.29) is 18.7 Å². The molecule has 0 saturated carbocycles. The molecule has 122 valence electrons. The zero-order chi connectivity index (χ0) is 15.7. The van der Waals surface area contributed by atoms with Gasteiger partial charge in [0.2, 0.25) is 5.79 Å². The number of rotatable bonds is 2. The lowest BCUT2D eigenvalue weighted by Gasteiger charge is -2.46. The van der Waals surface area contributed by atoms with Crippen molar-refractivity contribution >= 4 is 5.97 Å². The number of halogens is 3. The number of carbonyl (C=O) groups is 1. The maximum absolute atomic E-state index is 12.4. The summed E-state index contributed by atoms with van der Waals surface area (Å²) in [5.41, 5.74) is 0. The molecular weight excluding hydrogens is 289 g/mol. The van der Waals surface area contributed by atoms with E-state index in [1.807, 2.05) is 0 Å². The second-order valence-electron chi connectivity index (χ2n) is 5.86. The van der Waals surface area contributed by atoms with Crippen LogP contribution >= 0.6 is 0 Å². The maximum Gasteiger partial charge on any atom is 0.491 e. The van der Waals surface area contributed by atoms with Crippen LogP contribution in [0.1, 0.15) is 26.7 Å². The molecule has 2 aliphatic heterocycles. The lowest BCUT2D eigenvalue weighted by Crippen LogP contribution is -2.59. The summed E-state index contributed by atoms with van der Waals surface area (Å²) in [5.74, 6) is -3.76. The highest BCUT2D eigenvalue weighted by Crippen LogP contribution is 2.29. The Balaban J connectivity index is 2.03. The van der Waals surface area contributed by atoms with Gasteiger partial charge >= 0.3 is 12.1 Å². The zero-order valence-corrected chi connectivity index (χ0v) is 12.2. The van der Waals surface area contributed by atoms with Gasteiger partial charge in [-0.05, 0) is 32.9 Å². The summed E-state index contributed by atoms with van der Waals surface area (Å²) in [7, 11) is 0. The van der Waals surface area contributed by atoms with Gasteiger partial charge in [-0.25, -0.2) is 4.79 Å². The number of piperidine rings is 1. The minimum atomic E-state index is -5.01. The van der Waals surface area contributed by atoms with E-state index in [1.54, 1.807) is 6.92 Å². The summed E-state index contributed by atoms with van der Waals surface area (Å²) >= 11 is 0. The summed E-state index contributed by atoms with van der Waals surface area (Å²) in [6.07, 6.45) is -3.45. The fourth-order valence-corrected chi connectivity index (χ4v) is 3.02. The van der Waals surface area contributed by atoms with Crippen LogP contribution in [0.3, 0.4) is 0 Å². The highest BCUT2D eigenvalue weighted by Gasteiger charge is 2.48. The van der Waals surface area contributed by atoms with Crippen molar-refractivity contribution in [1.29, 1.82) is 0 Å². The van der Waals surface area contributed by atoms with E-state index in [2.05, 4.69) is 15.0 Å². The van der Waals surface area contributed by atoms with Crippen molar-refractivity contribution in [3.63, 3.8) is 0 Å². The lowest BCUT2D eigenvalue weighted by atomic mass is 10.0. The molecule has 2 aliphatic rings. The molecule has 0 spiro atoms. The fraction of sp³-hybridized carbons (Fsp3) is 0.923. The van der Waals surface area contributed by atoms with E-state index >= 15 is 0 Å². The predicted octanol–water partition coefficient (Wildman–Crippen LogP) is 1.28. The first-order valence-electron chi connectivity index (χ1n) is 7.12. The van der Waals surface area contributed by atoms with Crippen molar-refractivity contribution in [3.8, 4) is 0 Å². The van der Waals surface area contributed by atoms with E-state index < -0.39 is 17.9 Å². The maximum atomic E-state index is 12.4. The van der Waals surface area contributed by atoms with E-state index in [9.17, 15) is 18.0 Å². The van der Waals surface area contributed by atoms with Crippen LogP contribution in [0.2, 0.25) is 0 Å². The first-order chi connectivity index (χ1) is 9.70. The SMILES string of the molecule is CC1CN(C2CCNCC2)CC(C)(OC(=O)C(F)(F)F)O1. The number of carbonyl (C=O) groups excluding carboxylic acids is 1. The molecule has 0 radical (unpaired) electrons. The highest BCUT2D eigenvalue weighted by atomic mass is 19.4. The molecule has 2 saturated heterocycles. The third kappa shape index (κ3) is 4.31. The van der Waals surface area contributed by atoms with Gasteiger partial charge in [-0.3, -0.25) is 4.90 Å². The number of hydrogen-bond acceptors (Lipinski definition) is 5. The molecule has 5 nitrogen and oxygen atoms in total. The van der Waals surface area contributed by atoms with Crippen LogP contribution in [0.15, 0.2) is 0 Å². The second-order valence-corrected chi connectivity index (χ2v) is 5.86. The fourth-order valence-electron chi connectivity index (χ4n) is 3.02. The van der Waals surface area contributed by atoms with Gasteiger partial charge in [-0.1, -0.05) is 0 Å². The van der Waals surface area contributed by atoms with Crippen molar-refractivity contribution < 1.29 is 27.4 Å². The Kier molecular flexibility index (Phi) is 4.79. The zero-order valence-electron chi connectivity index (χ0n) is 12.2. The molecule has 1 N–H and O–H groups in total. The molecule has 0 amide bonds. The van der Waals surface area contributed by atoms with Gasteiger partial charge < -0.3 is 14.8 Å². The minimum absolute atomic E-state index is 0.157.